The lowest BCUT2D eigenvalue weighted by Crippen LogP contribution is -2.25. The van der Waals surface area contributed by atoms with Crippen LogP contribution in [0.1, 0.15) is 41.4 Å². The topological polar surface area (TPSA) is 174 Å². The van der Waals surface area contributed by atoms with Crippen molar-refractivity contribution in [3.63, 3.8) is 0 Å². The van der Waals surface area contributed by atoms with Crippen LogP contribution in [0.15, 0.2) is 79.1 Å². The lowest BCUT2D eigenvalue weighted by atomic mass is 9.81. The Hall–Kier alpha value is -5.57. The van der Waals surface area contributed by atoms with Gasteiger partial charge in [-0.25, -0.2) is 9.59 Å². The molecule has 0 aliphatic heterocycles. The van der Waals surface area contributed by atoms with Crippen LogP contribution in [0.3, 0.4) is 0 Å². The van der Waals surface area contributed by atoms with Crippen molar-refractivity contribution < 1.29 is 29.4 Å². The number of primary amides is 2. The fourth-order valence-electron chi connectivity index (χ4n) is 5.09. The predicted octanol–water partition coefficient (Wildman–Crippen LogP) is 4.41. The summed E-state index contributed by atoms with van der Waals surface area (Å²) in [6.07, 6.45) is 3.50. The van der Waals surface area contributed by atoms with Crippen molar-refractivity contribution in [1.29, 1.82) is 0 Å². The summed E-state index contributed by atoms with van der Waals surface area (Å²) in [5.74, 6) is -5.21. The van der Waals surface area contributed by atoms with Crippen LogP contribution in [-0.4, -0.2) is 39.0 Å². The number of hydrogen-bond acceptors (Lipinski definition) is 5. The molecule has 2 amide bonds. The van der Waals surface area contributed by atoms with Crippen molar-refractivity contribution in [3.8, 4) is 0 Å². The first-order valence-corrected chi connectivity index (χ1v) is 11.3. The second kappa shape index (κ2) is 9.14. The summed E-state index contributed by atoms with van der Waals surface area (Å²) in [5, 5.41) is 23.5. The van der Waals surface area contributed by atoms with E-state index in [0.717, 1.165) is 16.2 Å². The van der Waals surface area contributed by atoms with Gasteiger partial charge in [0.2, 0.25) is 11.8 Å². The minimum absolute atomic E-state index is 0.178. The maximum Gasteiger partial charge on any atom is 0.337 e. The maximum absolute atomic E-state index is 12.6. The number of nitrogens with zero attached hydrogens (tertiary/aromatic N) is 1. The van der Waals surface area contributed by atoms with Gasteiger partial charge in [0.25, 0.3) is 0 Å². The molecule has 1 aromatic heterocycles. The zero-order chi connectivity index (χ0) is 27.1. The summed E-state index contributed by atoms with van der Waals surface area (Å²) in [6.45, 7) is 0. The summed E-state index contributed by atoms with van der Waals surface area (Å²) < 4.78 is 0. The fraction of sp³-hybridized carbons (Fsp3) is 0. The van der Waals surface area contributed by atoms with Crippen LogP contribution in [0.25, 0.3) is 43.1 Å². The third kappa shape index (κ3) is 3.61. The van der Waals surface area contributed by atoms with Crippen LogP contribution in [0, 0.1) is 0 Å². The van der Waals surface area contributed by atoms with E-state index in [9.17, 15) is 29.4 Å². The molecule has 38 heavy (non-hydrogen) atoms. The van der Waals surface area contributed by atoms with Crippen LogP contribution in [0.5, 0.6) is 0 Å². The van der Waals surface area contributed by atoms with Crippen molar-refractivity contribution in [3.05, 3.63) is 101 Å². The molecular formula is C29H19N3O6. The smallest absolute Gasteiger partial charge is 0.337 e. The van der Waals surface area contributed by atoms with Gasteiger partial charge in [0, 0.05) is 23.2 Å². The number of rotatable bonds is 4. The molecule has 0 unspecified atom stereocenters. The predicted molar refractivity (Wildman–Crippen MR) is 143 cm³/mol. The Balaban J connectivity index is 0.000000433. The molecule has 0 aliphatic rings. The number of carbonyl (C=O) groups excluding carboxylic acids is 2. The molecule has 186 valence electrons. The van der Waals surface area contributed by atoms with Crippen molar-refractivity contribution in [2.24, 2.45) is 11.5 Å². The highest BCUT2D eigenvalue weighted by molar-refractivity contribution is 6.40. The molecule has 0 aliphatic carbocycles. The molecule has 0 spiro atoms. The Bertz CT molecular complexity index is 1900. The van der Waals surface area contributed by atoms with E-state index < -0.39 is 34.9 Å². The van der Waals surface area contributed by atoms with Gasteiger partial charge < -0.3 is 21.7 Å². The monoisotopic (exact) mass is 505 g/mol. The number of fused-ring (bicyclic) bond motifs is 2. The molecule has 6 aromatic rings. The number of aromatic carboxylic acids is 2. The first-order chi connectivity index (χ1) is 18.2. The van der Waals surface area contributed by atoms with Gasteiger partial charge in [0.15, 0.2) is 0 Å². The lowest BCUT2D eigenvalue weighted by molar-refractivity contribution is 0.0693. The van der Waals surface area contributed by atoms with E-state index in [0.29, 0.717) is 10.8 Å². The normalized spacial score (nSPS) is 10.9. The highest BCUT2D eigenvalue weighted by Gasteiger charge is 2.32. The number of carboxylic acids is 2. The number of amides is 2. The Morgan fingerprint density at radius 2 is 1.16 bits per heavy atom. The summed E-state index contributed by atoms with van der Waals surface area (Å²) in [4.78, 5) is 53.2. The number of benzene rings is 5. The largest absolute Gasteiger partial charge is 0.478 e. The lowest BCUT2D eigenvalue weighted by Gasteiger charge is -2.21. The van der Waals surface area contributed by atoms with Gasteiger partial charge in [-0.3, -0.25) is 14.6 Å². The quantitative estimate of drug-likeness (QED) is 0.203. The van der Waals surface area contributed by atoms with Gasteiger partial charge in [-0.15, -0.1) is 0 Å². The van der Waals surface area contributed by atoms with E-state index in [-0.39, 0.29) is 27.3 Å². The SMILES string of the molecule is NC(=O)c1c(C(=O)O)c2c(C(=O)O)ccc3c4cccc5cccc(c(c1C(N)=O)c23)c54.c1ccncc1. The van der Waals surface area contributed by atoms with Gasteiger partial charge in [0.05, 0.1) is 22.3 Å². The van der Waals surface area contributed by atoms with Crippen molar-refractivity contribution in [1.82, 2.24) is 4.98 Å². The molecule has 6 N–H and O–H groups in total. The number of hydrogen-bond donors (Lipinski definition) is 4. The van der Waals surface area contributed by atoms with Gasteiger partial charge in [0.1, 0.15) is 0 Å². The molecule has 9 heteroatoms. The van der Waals surface area contributed by atoms with E-state index in [1.165, 1.54) is 6.07 Å². The number of carboxylic acid groups (broad SMARTS) is 2. The van der Waals surface area contributed by atoms with E-state index in [4.69, 9.17) is 11.5 Å². The zero-order valence-electron chi connectivity index (χ0n) is 19.6. The molecule has 9 nitrogen and oxygen atoms in total. The van der Waals surface area contributed by atoms with E-state index >= 15 is 0 Å². The van der Waals surface area contributed by atoms with Crippen LogP contribution in [0.4, 0.5) is 0 Å². The van der Waals surface area contributed by atoms with Gasteiger partial charge >= 0.3 is 11.9 Å². The summed E-state index contributed by atoms with van der Waals surface area (Å²) >= 11 is 0. The first kappa shape index (κ1) is 24.1. The second-order valence-electron chi connectivity index (χ2n) is 8.48. The molecule has 0 radical (unpaired) electrons. The number of pyridine rings is 1. The van der Waals surface area contributed by atoms with Crippen LogP contribution in [-0.2, 0) is 0 Å². The first-order valence-electron chi connectivity index (χ1n) is 11.3. The summed E-state index contributed by atoms with van der Waals surface area (Å²) in [6, 6.07) is 19.4. The second-order valence-corrected chi connectivity index (χ2v) is 8.48. The molecule has 0 bridgehead atoms. The van der Waals surface area contributed by atoms with Crippen molar-refractivity contribution >= 4 is 66.8 Å². The molecule has 0 fully saturated rings. The Morgan fingerprint density at radius 1 is 0.553 bits per heavy atom. The van der Waals surface area contributed by atoms with Crippen LogP contribution >= 0.6 is 0 Å². The third-order valence-corrected chi connectivity index (χ3v) is 6.42. The number of nitrogens with two attached hydrogens (primary N) is 2. The average molecular weight is 505 g/mol. The number of carbonyl (C=O) groups is 4. The highest BCUT2D eigenvalue weighted by atomic mass is 16.4. The van der Waals surface area contributed by atoms with E-state index in [1.54, 1.807) is 30.6 Å². The molecular weight excluding hydrogens is 486 g/mol. The molecule has 0 atom stereocenters. The molecule has 1 heterocycles. The third-order valence-electron chi connectivity index (χ3n) is 6.42. The zero-order valence-corrected chi connectivity index (χ0v) is 19.6. The Labute approximate surface area is 214 Å². The Morgan fingerprint density at radius 3 is 1.66 bits per heavy atom. The molecule has 6 rings (SSSR count). The van der Waals surface area contributed by atoms with Crippen molar-refractivity contribution in [2.75, 3.05) is 0 Å². The fourth-order valence-corrected chi connectivity index (χ4v) is 5.09. The number of aromatic nitrogens is 1. The van der Waals surface area contributed by atoms with Crippen LogP contribution in [0.2, 0.25) is 0 Å². The summed E-state index contributed by atoms with van der Waals surface area (Å²) in [7, 11) is 0. The van der Waals surface area contributed by atoms with E-state index in [1.807, 2.05) is 42.5 Å². The molecule has 0 saturated carbocycles. The minimum Gasteiger partial charge on any atom is -0.478 e. The molecule has 0 saturated heterocycles. The maximum atomic E-state index is 12.6. The standard InChI is InChI=1S/C24H14N2O6.C5H5N/c25-21(27)18-16-12-6-2-4-9-3-1-5-10(14(9)12)11-7-8-13(23(29)30)17(15(11)16)20(24(31)32)19(18)22(26)28;1-2-4-6-5-3-1/h1-8H,(H2,25,27)(H2,26,28)(H,29,30)(H,31,32);1-5H. The van der Waals surface area contributed by atoms with Gasteiger partial charge in [-0.2, -0.15) is 0 Å². The van der Waals surface area contributed by atoms with E-state index in [2.05, 4.69) is 4.98 Å². The van der Waals surface area contributed by atoms with Gasteiger partial charge in [-0.1, -0.05) is 48.5 Å². The highest BCUT2D eigenvalue weighted by Crippen LogP contribution is 2.45. The van der Waals surface area contributed by atoms with Gasteiger partial charge in [-0.05, 0) is 50.5 Å². The molecule has 5 aromatic carbocycles. The van der Waals surface area contributed by atoms with Crippen LogP contribution < -0.4 is 11.5 Å². The minimum atomic E-state index is -1.59. The Kier molecular flexibility index (Phi) is 5.81. The average Bonchev–Trinajstić information content (AvgIpc) is 2.91. The summed E-state index contributed by atoms with van der Waals surface area (Å²) in [5.41, 5.74) is 9.24. The van der Waals surface area contributed by atoms with Crippen molar-refractivity contribution in [2.45, 2.75) is 0 Å².